The zero-order valence-corrected chi connectivity index (χ0v) is 14.8. The molecule has 0 aromatic carbocycles. The molecule has 10 heteroatoms. The highest BCUT2D eigenvalue weighted by Gasteiger charge is 2.43. The Kier molecular flexibility index (Phi) is 5.08. The van der Waals surface area contributed by atoms with Crippen molar-refractivity contribution in [3.63, 3.8) is 0 Å². The van der Waals surface area contributed by atoms with Crippen molar-refractivity contribution in [1.29, 1.82) is 0 Å². The summed E-state index contributed by atoms with van der Waals surface area (Å²) in [6.45, 7) is 5.13. The van der Waals surface area contributed by atoms with E-state index in [1.165, 1.54) is 10.9 Å². The molecule has 4 N–H and O–H groups in total. The van der Waals surface area contributed by atoms with Gasteiger partial charge in [0.05, 0.1) is 19.0 Å². The highest BCUT2D eigenvalue weighted by atomic mass is 16.5. The maximum atomic E-state index is 12.2. The largest absolute Gasteiger partial charge is 0.396 e. The first-order valence-electron chi connectivity index (χ1n) is 8.59. The van der Waals surface area contributed by atoms with Gasteiger partial charge in [-0.05, 0) is 6.42 Å². The third-order valence-electron chi connectivity index (χ3n) is 4.61. The Morgan fingerprint density at radius 3 is 2.81 bits per heavy atom. The average Bonchev–Trinajstić information content (AvgIpc) is 3.15. The van der Waals surface area contributed by atoms with Crippen LogP contribution >= 0.6 is 0 Å². The smallest absolute Gasteiger partial charge is 0.280 e. The minimum absolute atomic E-state index is 0.00110. The third kappa shape index (κ3) is 3.11. The second-order valence-corrected chi connectivity index (χ2v) is 6.69. The van der Waals surface area contributed by atoms with Gasteiger partial charge < -0.3 is 14.9 Å². The lowest BCUT2D eigenvalue weighted by Gasteiger charge is -2.17. The van der Waals surface area contributed by atoms with E-state index in [2.05, 4.69) is 20.3 Å². The van der Waals surface area contributed by atoms with Crippen LogP contribution in [-0.4, -0.2) is 54.5 Å². The Labute approximate surface area is 149 Å². The molecule has 3 heterocycles. The zero-order valence-electron chi connectivity index (χ0n) is 14.8. The quantitative estimate of drug-likeness (QED) is 0.584. The van der Waals surface area contributed by atoms with Crippen LogP contribution < -0.4 is 10.9 Å². The predicted molar refractivity (Wildman–Crippen MR) is 92.4 cm³/mol. The average molecular weight is 365 g/mol. The fraction of sp³-hybridized carbons (Fsp3) is 0.625. The number of nitrogens with zero attached hydrogens (tertiary/aromatic N) is 3. The van der Waals surface area contributed by atoms with Gasteiger partial charge in [-0.2, -0.15) is 4.98 Å². The number of hydrogen-bond donors (Lipinski definition) is 4. The Balaban J connectivity index is 2.01. The molecule has 1 saturated heterocycles. The van der Waals surface area contributed by atoms with Crippen molar-refractivity contribution in [2.75, 3.05) is 11.9 Å². The summed E-state index contributed by atoms with van der Waals surface area (Å²) in [7, 11) is 0. The number of rotatable bonds is 5. The summed E-state index contributed by atoms with van der Waals surface area (Å²) < 4.78 is 7.31. The van der Waals surface area contributed by atoms with Gasteiger partial charge in [-0.25, -0.2) is 4.98 Å². The first-order chi connectivity index (χ1) is 12.4. The number of imidazole rings is 1. The minimum atomic E-state index is -0.975. The lowest BCUT2D eigenvalue weighted by atomic mass is 9.97. The number of aliphatic hydroxyl groups is 2. The van der Waals surface area contributed by atoms with Crippen LogP contribution in [0.1, 0.15) is 33.4 Å². The Morgan fingerprint density at radius 1 is 1.50 bits per heavy atom. The summed E-state index contributed by atoms with van der Waals surface area (Å²) in [5.41, 5.74) is -0.250. The molecule has 0 radical (unpaired) electrons. The zero-order chi connectivity index (χ0) is 19.0. The van der Waals surface area contributed by atoms with Crippen LogP contribution in [0.3, 0.4) is 0 Å². The number of aromatic amines is 1. The van der Waals surface area contributed by atoms with E-state index in [9.17, 15) is 19.8 Å². The van der Waals surface area contributed by atoms with Crippen molar-refractivity contribution >= 4 is 23.0 Å². The molecule has 1 unspecified atom stereocenters. The Morgan fingerprint density at radius 2 is 2.23 bits per heavy atom. The van der Waals surface area contributed by atoms with E-state index >= 15 is 0 Å². The monoisotopic (exact) mass is 365 g/mol. The van der Waals surface area contributed by atoms with Crippen molar-refractivity contribution in [3.05, 3.63) is 16.7 Å². The summed E-state index contributed by atoms with van der Waals surface area (Å²) in [5.74, 6) is -1.01. The van der Waals surface area contributed by atoms with Crippen LogP contribution in [-0.2, 0) is 9.53 Å². The number of nitrogens with one attached hydrogen (secondary N) is 2. The van der Waals surface area contributed by atoms with E-state index in [0.717, 1.165) is 0 Å². The van der Waals surface area contributed by atoms with Crippen LogP contribution in [0, 0.1) is 11.8 Å². The number of H-pyrrole nitrogens is 1. The topological polar surface area (TPSA) is 142 Å². The van der Waals surface area contributed by atoms with Crippen LogP contribution in [0.15, 0.2) is 11.1 Å². The van der Waals surface area contributed by atoms with E-state index in [4.69, 9.17) is 4.74 Å². The number of carbonyl (C=O) groups excluding carboxylic acids is 1. The predicted octanol–water partition coefficient (Wildman–Crippen LogP) is -0.00910. The lowest BCUT2D eigenvalue weighted by Crippen LogP contribution is -2.29. The van der Waals surface area contributed by atoms with E-state index in [-0.39, 0.29) is 41.6 Å². The first kappa shape index (κ1) is 18.5. The maximum Gasteiger partial charge on any atom is 0.280 e. The van der Waals surface area contributed by atoms with Gasteiger partial charge in [-0.15, -0.1) is 0 Å². The molecule has 4 atom stereocenters. The van der Waals surface area contributed by atoms with Gasteiger partial charge >= 0.3 is 0 Å². The number of carbonyl (C=O) groups is 1. The molecule has 1 amide bonds. The van der Waals surface area contributed by atoms with Gasteiger partial charge in [0.15, 0.2) is 17.4 Å². The number of ether oxygens (including phenoxy) is 1. The molecule has 0 spiro atoms. The number of fused-ring (bicyclic) bond motifs is 1. The molecular weight excluding hydrogens is 342 g/mol. The van der Waals surface area contributed by atoms with Crippen LogP contribution in [0.5, 0.6) is 0 Å². The lowest BCUT2D eigenvalue weighted by molar-refractivity contribution is -0.118. The van der Waals surface area contributed by atoms with Gasteiger partial charge in [0.2, 0.25) is 11.9 Å². The molecule has 0 bridgehead atoms. The molecule has 142 valence electrons. The highest BCUT2D eigenvalue weighted by molar-refractivity contribution is 5.91. The van der Waals surface area contributed by atoms with Gasteiger partial charge in [0.25, 0.3) is 5.56 Å². The number of amides is 1. The van der Waals surface area contributed by atoms with Gasteiger partial charge in [0.1, 0.15) is 6.10 Å². The molecule has 1 fully saturated rings. The van der Waals surface area contributed by atoms with Gasteiger partial charge in [-0.1, -0.05) is 20.8 Å². The molecular formula is C16H23N5O5. The van der Waals surface area contributed by atoms with Crippen molar-refractivity contribution in [1.82, 2.24) is 19.5 Å². The molecule has 3 rings (SSSR count). The molecule has 1 aliphatic heterocycles. The summed E-state index contributed by atoms with van der Waals surface area (Å²) >= 11 is 0. The molecule has 0 aliphatic carbocycles. The van der Waals surface area contributed by atoms with Crippen LogP contribution in [0.4, 0.5) is 5.95 Å². The first-order valence-corrected chi connectivity index (χ1v) is 8.59. The minimum Gasteiger partial charge on any atom is -0.396 e. The molecule has 26 heavy (non-hydrogen) atoms. The number of hydrogen-bond acceptors (Lipinski definition) is 7. The van der Waals surface area contributed by atoms with Gasteiger partial charge in [-0.3, -0.25) is 24.5 Å². The summed E-state index contributed by atoms with van der Waals surface area (Å²) in [6, 6.07) is 0. The number of aromatic nitrogens is 4. The summed E-state index contributed by atoms with van der Waals surface area (Å²) in [6.07, 6.45) is -0.141. The van der Waals surface area contributed by atoms with Crippen molar-refractivity contribution in [2.24, 2.45) is 11.8 Å². The van der Waals surface area contributed by atoms with E-state index < -0.39 is 23.8 Å². The molecule has 1 aliphatic rings. The fourth-order valence-corrected chi connectivity index (χ4v) is 3.08. The van der Waals surface area contributed by atoms with Crippen molar-refractivity contribution in [3.8, 4) is 0 Å². The van der Waals surface area contributed by atoms with E-state index in [0.29, 0.717) is 6.42 Å². The highest BCUT2D eigenvalue weighted by Crippen LogP contribution is 2.36. The van der Waals surface area contributed by atoms with E-state index in [1.807, 2.05) is 6.92 Å². The van der Waals surface area contributed by atoms with Gasteiger partial charge in [0, 0.05) is 11.8 Å². The SMILES string of the molecule is CC[C@H]1OC(n2cnc3c(=O)[nH]c(NC(=O)C(C)C)nc32)[C@@H](O)[C@H]1CO. The maximum absolute atomic E-state index is 12.2. The Hall–Kier alpha value is -2.30. The van der Waals surface area contributed by atoms with Crippen molar-refractivity contribution in [2.45, 2.75) is 45.6 Å². The molecule has 10 nitrogen and oxygen atoms in total. The molecule has 2 aromatic heterocycles. The Bertz CT molecular complexity index is 860. The number of anilines is 1. The second kappa shape index (κ2) is 7.14. The normalized spacial score (nSPS) is 25.9. The van der Waals surface area contributed by atoms with E-state index in [1.54, 1.807) is 13.8 Å². The summed E-state index contributed by atoms with van der Waals surface area (Å²) in [4.78, 5) is 34.9. The summed E-state index contributed by atoms with van der Waals surface area (Å²) in [5, 5.41) is 22.6. The number of aliphatic hydroxyl groups excluding tert-OH is 2. The van der Waals surface area contributed by atoms with Crippen LogP contribution in [0.25, 0.3) is 11.2 Å². The fourth-order valence-electron chi connectivity index (χ4n) is 3.08. The van der Waals surface area contributed by atoms with Crippen molar-refractivity contribution < 1.29 is 19.7 Å². The third-order valence-corrected chi connectivity index (χ3v) is 4.61. The molecule has 0 saturated carbocycles. The molecule has 2 aromatic rings. The second-order valence-electron chi connectivity index (χ2n) is 6.69. The standard InChI is InChI=1S/C16H23N5O5/c1-4-9-8(5-22)11(23)15(26-9)21-6-17-10-12(21)18-16(20-14(10)25)19-13(24)7(2)3/h6-9,11,15,22-23H,4-5H2,1-3H3,(H2,18,19,20,24,25)/t8-,9+,11-,15?/m0/s1. The van der Waals surface area contributed by atoms with Crippen LogP contribution in [0.2, 0.25) is 0 Å².